The van der Waals surface area contributed by atoms with Gasteiger partial charge in [-0.2, -0.15) is 28.3 Å². The zero-order chi connectivity index (χ0) is 58.7. The highest BCUT2D eigenvalue weighted by molar-refractivity contribution is 7.20. The van der Waals surface area contributed by atoms with Crippen molar-refractivity contribution in [2.45, 2.75) is 26.9 Å². The minimum absolute atomic E-state index is 0.334. The lowest BCUT2D eigenvalue weighted by molar-refractivity contribution is 0.306. The Morgan fingerprint density at radius 1 is 0.512 bits per heavy atom. The van der Waals surface area contributed by atoms with Crippen molar-refractivity contribution in [2.75, 3.05) is 14.2 Å². The summed E-state index contributed by atoms with van der Waals surface area (Å²) in [6.45, 7) is 4.70. The summed E-state index contributed by atoms with van der Waals surface area (Å²) in [7, 11) is 3.28. The number of ether oxygens (including phenoxy) is 4. The number of benzene rings is 7. The van der Waals surface area contributed by atoms with Crippen molar-refractivity contribution in [3.63, 3.8) is 0 Å². The van der Waals surface area contributed by atoms with Crippen molar-refractivity contribution in [3.8, 4) is 57.7 Å². The number of thiazole rings is 2. The lowest BCUT2D eigenvalue weighted by Gasteiger charge is -2.43. The first-order valence-corrected chi connectivity index (χ1v) is 29.8. The van der Waals surface area contributed by atoms with E-state index in [0.717, 1.165) is 70.2 Å². The van der Waals surface area contributed by atoms with Gasteiger partial charge in [0.15, 0.2) is 0 Å². The molecule has 0 spiro atoms. The van der Waals surface area contributed by atoms with E-state index >= 15 is 0 Å². The van der Waals surface area contributed by atoms with Crippen molar-refractivity contribution < 1.29 is 18.9 Å². The average molecular weight is 1160 g/mol. The number of aromatic nitrogens is 6. The van der Waals surface area contributed by atoms with Crippen LogP contribution in [0.15, 0.2) is 225 Å². The standard InChI is InChI=1S/C70H53B2N8O4S2/c1-71(50-14-8-5-9-15-50)79-65(48-20-24-53(25-21-48)83-44-46-32-36-75-37-33-46)63-64(67(79)57(42-73)69-77-59-40-55(81-3)28-30-61(59)85-69)66(49-22-26-54(27-23-49)84-45-47-34-38-76-39-35-47)80(72(2,51-16-10-6-11-17-51)52-18-12-7-13-19-52)68(63)58(43-74)70-78-60-41-56(82-4)29-31-62(60)86-70/h5-41H,44-45H2,1-4H3/q-1/b67-57-,68-58-. The Morgan fingerprint density at radius 2 is 0.930 bits per heavy atom. The number of hydrogen-bond donors (Lipinski definition) is 0. The molecule has 0 bridgehead atoms. The quantitative estimate of drug-likeness (QED) is 0.0808. The minimum atomic E-state index is -2.17. The number of nitriles is 2. The SMILES string of the molecule is COc1ccc2sc(/C(C#N)=c3/c4c(-c5ccc(OCc6ccncc6)cc5)n([B-](C)(c5ccccc5)c5ccccc5)/c(=C(/C#N)c5nc6cc(OC)ccc6s5)c4c(-c4ccc(OCc5ccncc5)cc4)n3B(C)c3ccccc3)nc2c1. The van der Waals surface area contributed by atoms with Gasteiger partial charge in [-0.25, -0.2) is 9.97 Å². The molecule has 86 heavy (non-hydrogen) atoms. The third-order valence-corrected chi connectivity index (χ3v) is 18.2. The minimum Gasteiger partial charge on any atom is -0.507 e. The van der Waals surface area contributed by atoms with Gasteiger partial charge in [0.25, 0.3) is 6.85 Å². The molecule has 13 aromatic rings. The highest BCUT2D eigenvalue weighted by atomic mass is 32.1. The predicted octanol–water partition coefficient (Wildman–Crippen LogP) is 12.0. The summed E-state index contributed by atoms with van der Waals surface area (Å²) in [5.41, 5.74) is 10.2. The maximum absolute atomic E-state index is 12.4. The van der Waals surface area contributed by atoms with Crippen molar-refractivity contribution in [1.29, 1.82) is 10.5 Å². The molecule has 13 rings (SSSR count). The van der Waals surface area contributed by atoms with E-state index < -0.39 is 13.1 Å². The number of nitrogens with zero attached hydrogens (tertiary/aromatic N) is 8. The van der Waals surface area contributed by atoms with Crippen LogP contribution in [0.25, 0.3) is 64.9 Å². The van der Waals surface area contributed by atoms with Gasteiger partial charge in [0.1, 0.15) is 75.8 Å². The van der Waals surface area contributed by atoms with Gasteiger partial charge in [0.2, 0.25) is 0 Å². The molecule has 0 aliphatic rings. The molecule has 12 nitrogen and oxygen atoms in total. The van der Waals surface area contributed by atoms with Gasteiger partial charge < -0.3 is 27.9 Å². The van der Waals surface area contributed by atoms with E-state index in [9.17, 15) is 10.5 Å². The Labute approximate surface area is 505 Å². The summed E-state index contributed by atoms with van der Waals surface area (Å²) < 4.78 is 30.9. The van der Waals surface area contributed by atoms with Crippen molar-refractivity contribution in [3.05, 3.63) is 257 Å². The smallest absolute Gasteiger partial charge is 0.290 e. The van der Waals surface area contributed by atoms with E-state index in [1.165, 1.54) is 22.7 Å². The third-order valence-electron chi connectivity index (χ3n) is 16.1. The van der Waals surface area contributed by atoms with E-state index in [1.807, 2.05) is 115 Å². The number of pyridine rings is 2. The molecular weight excluding hydrogens is 1100 g/mol. The lowest BCUT2D eigenvalue weighted by Crippen LogP contribution is -2.65. The topological polar surface area (TPSA) is 146 Å². The van der Waals surface area contributed by atoms with Gasteiger partial charge in [-0.3, -0.25) is 9.97 Å². The first kappa shape index (κ1) is 54.7. The van der Waals surface area contributed by atoms with Crippen LogP contribution in [0.2, 0.25) is 13.6 Å². The first-order valence-electron chi connectivity index (χ1n) is 28.1. The second kappa shape index (κ2) is 23.6. The summed E-state index contributed by atoms with van der Waals surface area (Å²) in [6.07, 6.45) is 4.86. The monoisotopic (exact) mass is 1160 g/mol. The molecular formula is C70H53B2N8O4S2-. The Bertz CT molecular complexity index is 4800. The molecule has 16 heteroatoms. The lowest BCUT2D eigenvalue weighted by atomic mass is 9.28. The van der Waals surface area contributed by atoms with Crippen LogP contribution in [0, 0.1) is 22.7 Å². The van der Waals surface area contributed by atoms with E-state index in [4.69, 9.17) is 28.9 Å². The molecule has 0 saturated heterocycles. The molecule has 0 aliphatic heterocycles. The maximum Gasteiger partial charge on any atom is 0.290 e. The largest absolute Gasteiger partial charge is 0.507 e. The molecule has 0 saturated carbocycles. The maximum atomic E-state index is 12.4. The van der Waals surface area contributed by atoms with Crippen LogP contribution in [0.4, 0.5) is 0 Å². The van der Waals surface area contributed by atoms with Crippen molar-refractivity contribution in [1.82, 2.24) is 28.9 Å². The average Bonchev–Trinajstić information content (AvgIpc) is 1.54. The first-order chi connectivity index (χ1) is 42.3. The molecule has 0 amide bonds. The normalized spacial score (nSPS) is 12.2. The number of rotatable bonds is 17. The second-order valence-corrected chi connectivity index (χ2v) is 23.1. The zero-order valence-electron chi connectivity index (χ0n) is 47.5. The van der Waals surface area contributed by atoms with E-state index in [0.29, 0.717) is 79.1 Å². The molecule has 0 fully saturated rings. The number of hydrogen-bond acceptors (Lipinski definition) is 12. The molecule has 0 N–H and O–H groups in total. The summed E-state index contributed by atoms with van der Waals surface area (Å²) in [6, 6.07) is 72.7. The fraction of sp³-hybridized carbons (Fsp3) is 0.0857. The summed E-state index contributed by atoms with van der Waals surface area (Å²) in [4.78, 5) is 19.1. The molecule has 6 heterocycles. The molecule has 0 unspecified atom stereocenters. The van der Waals surface area contributed by atoms with E-state index in [2.05, 4.69) is 130 Å². The second-order valence-electron chi connectivity index (χ2n) is 21.0. The Hall–Kier alpha value is -10.5. The third kappa shape index (κ3) is 10.1. The number of methoxy groups -OCH3 is 2. The Balaban J connectivity index is 1.27. The molecule has 0 aliphatic carbocycles. The van der Waals surface area contributed by atoms with Gasteiger partial charge in [-0.05, 0) is 119 Å². The highest BCUT2D eigenvalue weighted by Gasteiger charge is 2.36. The van der Waals surface area contributed by atoms with E-state index in [-0.39, 0.29) is 0 Å². The van der Waals surface area contributed by atoms with Gasteiger partial charge in [-0.15, -0.1) is 22.7 Å². The van der Waals surface area contributed by atoms with Gasteiger partial charge >= 0.3 is 0 Å². The summed E-state index contributed by atoms with van der Waals surface area (Å²) in [5, 5.41) is 28.5. The summed E-state index contributed by atoms with van der Waals surface area (Å²) >= 11 is 2.90. The van der Waals surface area contributed by atoms with Crippen LogP contribution in [0.5, 0.6) is 23.0 Å². The van der Waals surface area contributed by atoms with Gasteiger partial charge in [-0.1, -0.05) is 103 Å². The van der Waals surface area contributed by atoms with Crippen molar-refractivity contribution in [2.24, 2.45) is 0 Å². The zero-order valence-corrected chi connectivity index (χ0v) is 49.1. The van der Waals surface area contributed by atoms with Crippen LogP contribution in [0.3, 0.4) is 0 Å². The van der Waals surface area contributed by atoms with Gasteiger partial charge in [0, 0.05) is 64.4 Å². The van der Waals surface area contributed by atoms with Crippen LogP contribution >= 0.6 is 22.7 Å². The summed E-state index contributed by atoms with van der Waals surface area (Å²) in [5.74, 6) is 2.62. The molecule has 7 aromatic carbocycles. The molecule has 416 valence electrons. The molecule has 0 atom stereocenters. The van der Waals surface area contributed by atoms with E-state index in [1.54, 1.807) is 39.0 Å². The fourth-order valence-electron chi connectivity index (χ4n) is 11.8. The molecule has 6 aromatic heterocycles. The van der Waals surface area contributed by atoms with Crippen LogP contribution in [0.1, 0.15) is 21.1 Å². The van der Waals surface area contributed by atoms with Crippen LogP contribution in [-0.2, 0) is 13.2 Å². The van der Waals surface area contributed by atoms with Crippen LogP contribution in [-0.4, -0.2) is 56.2 Å². The number of fused-ring (bicyclic) bond motifs is 3. The highest BCUT2D eigenvalue weighted by Crippen LogP contribution is 2.40. The predicted molar refractivity (Wildman–Crippen MR) is 348 cm³/mol. The fourth-order valence-corrected chi connectivity index (χ4v) is 13.7. The Kier molecular flexibility index (Phi) is 15.0. The van der Waals surface area contributed by atoms with Crippen molar-refractivity contribution >= 4 is 94.5 Å². The van der Waals surface area contributed by atoms with Crippen LogP contribution < -0.4 is 46.0 Å². The van der Waals surface area contributed by atoms with Gasteiger partial charge in [0.05, 0.1) is 40.0 Å². The Morgan fingerprint density at radius 3 is 1.38 bits per heavy atom. The molecule has 0 radical (unpaired) electrons.